The van der Waals surface area contributed by atoms with E-state index in [9.17, 15) is 18.0 Å². The standard InChI is InChI=1S/C32H40ClN3O5S/c1-6-8-18-34-32(38)29(7-2)35(21-25-10-9-11-27(19-25)41-5)31(37)22-36(30-20-26(33)15-14-24(30)4)42(39,40)28-16-12-23(3)13-17-28/h9-17,19-20,29H,6-8,18,21-22H2,1-5H3,(H,34,38)/t29-/m1/s1. The van der Waals surface area contributed by atoms with Crippen LogP contribution in [0.4, 0.5) is 5.69 Å². The Hall–Kier alpha value is -3.56. The topological polar surface area (TPSA) is 96.0 Å². The van der Waals surface area contributed by atoms with Crippen LogP contribution in [0.5, 0.6) is 5.75 Å². The molecule has 0 unspecified atom stereocenters. The third-order valence-corrected chi connectivity index (χ3v) is 9.04. The molecule has 0 heterocycles. The maximum absolute atomic E-state index is 14.2. The van der Waals surface area contributed by atoms with E-state index in [0.29, 0.717) is 35.0 Å². The summed E-state index contributed by atoms with van der Waals surface area (Å²) in [4.78, 5) is 29.1. The van der Waals surface area contributed by atoms with Crippen LogP contribution < -0.4 is 14.4 Å². The number of carbonyl (C=O) groups is 2. The molecule has 0 aromatic heterocycles. The Bertz CT molecular complexity index is 1480. The van der Waals surface area contributed by atoms with Gasteiger partial charge in [0.05, 0.1) is 17.7 Å². The minimum Gasteiger partial charge on any atom is -0.497 e. The fraction of sp³-hybridized carbons (Fsp3) is 0.375. The molecular weight excluding hydrogens is 574 g/mol. The zero-order valence-electron chi connectivity index (χ0n) is 24.9. The number of carbonyl (C=O) groups excluding carboxylic acids is 2. The van der Waals surface area contributed by atoms with Crippen LogP contribution in [-0.4, -0.2) is 51.4 Å². The fourth-order valence-corrected chi connectivity index (χ4v) is 6.23. The van der Waals surface area contributed by atoms with Gasteiger partial charge in [-0.3, -0.25) is 13.9 Å². The van der Waals surface area contributed by atoms with Gasteiger partial charge in [-0.05, 0) is 74.2 Å². The average Bonchev–Trinajstić information content (AvgIpc) is 2.97. The van der Waals surface area contributed by atoms with Crippen molar-refractivity contribution in [1.29, 1.82) is 0 Å². The van der Waals surface area contributed by atoms with Crippen LogP contribution in [0.2, 0.25) is 5.02 Å². The SMILES string of the molecule is CCCCNC(=O)[C@@H](CC)N(Cc1cccc(OC)c1)C(=O)CN(c1cc(Cl)ccc1C)S(=O)(=O)c1ccc(C)cc1. The van der Waals surface area contributed by atoms with E-state index in [1.54, 1.807) is 50.4 Å². The number of benzene rings is 3. The van der Waals surface area contributed by atoms with Gasteiger partial charge in [0, 0.05) is 18.1 Å². The zero-order valence-corrected chi connectivity index (χ0v) is 26.5. The number of anilines is 1. The van der Waals surface area contributed by atoms with Gasteiger partial charge < -0.3 is 15.0 Å². The number of rotatable bonds is 14. The molecule has 226 valence electrons. The summed E-state index contributed by atoms with van der Waals surface area (Å²) < 4.78 is 34.6. The number of hydrogen-bond donors (Lipinski definition) is 1. The van der Waals surface area contributed by atoms with Crippen molar-refractivity contribution < 1.29 is 22.7 Å². The normalized spacial score (nSPS) is 12.0. The van der Waals surface area contributed by atoms with Crippen LogP contribution in [0.3, 0.4) is 0 Å². The molecule has 0 spiro atoms. The molecule has 42 heavy (non-hydrogen) atoms. The molecule has 3 rings (SSSR count). The second-order valence-corrected chi connectivity index (χ2v) is 12.5. The first-order valence-electron chi connectivity index (χ1n) is 14.1. The van der Waals surface area contributed by atoms with Crippen molar-refractivity contribution in [2.75, 3.05) is 24.5 Å². The summed E-state index contributed by atoms with van der Waals surface area (Å²) in [6.07, 6.45) is 2.06. The van der Waals surface area contributed by atoms with E-state index in [1.807, 2.05) is 32.9 Å². The van der Waals surface area contributed by atoms with Crippen molar-refractivity contribution in [2.24, 2.45) is 0 Å². The van der Waals surface area contributed by atoms with E-state index < -0.39 is 28.5 Å². The largest absolute Gasteiger partial charge is 0.497 e. The van der Waals surface area contributed by atoms with Crippen LogP contribution in [-0.2, 0) is 26.2 Å². The maximum Gasteiger partial charge on any atom is 0.264 e. The summed E-state index contributed by atoms with van der Waals surface area (Å²) in [5, 5.41) is 3.27. The maximum atomic E-state index is 14.2. The van der Waals surface area contributed by atoms with Gasteiger partial charge >= 0.3 is 0 Å². The summed E-state index contributed by atoms with van der Waals surface area (Å²) in [6, 6.07) is 17.8. The number of aryl methyl sites for hydroxylation is 2. The third kappa shape index (κ3) is 8.26. The van der Waals surface area contributed by atoms with E-state index in [2.05, 4.69) is 5.32 Å². The Kier molecular flexibility index (Phi) is 11.8. The van der Waals surface area contributed by atoms with Crippen LogP contribution in [0.15, 0.2) is 71.6 Å². The molecule has 0 aliphatic rings. The number of nitrogens with zero attached hydrogens (tertiary/aromatic N) is 2. The molecular formula is C32H40ClN3O5S. The molecule has 0 saturated heterocycles. The van der Waals surface area contributed by atoms with E-state index in [-0.39, 0.29) is 17.3 Å². The highest BCUT2D eigenvalue weighted by molar-refractivity contribution is 7.92. The van der Waals surface area contributed by atoms with Crippen molar-refractivity contribution in [3.63, 3.8) is 0 Å². The highest BCUT2D eigenvalue weighted by Crippen LogP contribution is 2.30. The highest BCUT2D eigenvalue weighted by Gasteiger charge is 2.34. The fourth-order valence-electron chi connectivity index (χ4n) is 4.60. The lowest BCUT2D eigenvalue weighted by Gasteiger charge is -2.33. The monoisotopic (exact) mass is 613 g/mol. The summed E-state index contributed by atoms with van der Waals surface area (Å²) in [7, 11) is -2.63. The number of ether oxygens (including phenoxy) is 1. The first-order valence-corrected chi connectivity index (χ1v) is 15.9. The number of methoxy groups -OCH3 is 1. The molecule has 3 aromatic rings. The Morgan fingerprint density at radius 3 is 2.36 bits per heavy atom. The first-order chi connectivity index (χ1) is 20.0. The summed E-state index contributed by atoms with van der Waals surface area (Å²) in [6.45, 7) is 7.54. The number of hydrogen-bond acceptors (Lipinski definition) is 5. The highest BCUT2D eigenvalue weighted by atomic mass is 35.5. The van der Waals surface area contributed by atoms with E-state index in [1.165, 1.54) is 23.1 Å². The van der Waals surface area contributed by atoms with Crippen molar-refractivity contribution in [3.8, 4) is 5.75 Å². The van der Waals surface area contributed by atoms with E-state index in [4.69, 9.17) is 16.3 Å². The Labute approximate surface area is 254 Å². The van der Waals surface area contributed by atoms with Crippen molar-refractivity contribution >= 4 is 39.1 Å². The van der Waals surface area contributed by atoms with Crippen LogP contribution >= 0.6 is 11.6 Å². The van der Waals surface area contributed by atoms with Gasteiger partial charge in [-0.2, -0.15) is 0 Å². The van der Waals surface area contributed by atoms with Crippen molar-refractivity contribution in [2.45, 2.75) is 64.4 Å². The lowest BCUT2D eigenvalue weighted by molar-refractivity contribution is -0.140. The smallest absolute Gasteiger partial charge is 0.264 e. The van der Waals surface area contributed by atoms with Gasteiger partial charge in [0.15, 0.2) is 0 Å². The van der Waals surface area contributed by atoms with Gasteiger partial charge in [0.1, 0.15) is 18.3 Å². The van der Waals surface area contributed by atoms with Crippen molar-refractivity contribution in [3.05, 3.63) is 88.4 Å². The van der Waals surface area contributed by atoms with Crippen LogP contribution in [0.1, 0.15) is 49.8 Å². The van der Waals surface area contributed by atoms with Crippen molar-refractivity contribution in [1.82, 2.24) is 10.2 Å². The molecule has 3 aromatic carbocycles. The molecule has 0 aliphatic carbocycles. The zero-order chi connectivity index (χ0) is 30.9. The van der Waals surface area contributed by atoms with Gasteiger partial charge in [-0.1, -0.05) is 67.8 Å². The Morgan fingerprint density at radius 1 is 1.00 bits per heavy atom. The third-order valence-electron chi connectivity index (χ3n) is 7.03. The minimum atomic E-state index is -4.19. The second kappa shape index (κ2) is 15.1. The van der Waals surface area contributed by atoms with Gasteiger partial charge in [-0.25, -0.2) is 8.42 Å². The number of amides is 2. The number of halogens is 1. The number of sulfonamides is 1. The average molecular weight is 614 g/mol. The molecule has 0 fully saturated rings. The molecule has 0 radical (unpaired) electrons. The van der Waals surface area contributed by atoms with Gasteiger partial charge in [0.25, 0.3) is 10.0 Å². The van der Waals surface area contributed by atoms with E-state index >= 15 is 0 Å². The molecule has 10 heteroatoms. The van der Waals surface area contributed by atoms with Gasteiger partial charge in [0.2, 0.25) is 11.8 Å². The predicted molar refractivity (Wildman–Crippen MR) is 167 cm³/mol. The quantitative estimate of drug-likeness (QED) is 0.229. The van der Waals surface area contributed by atoms with Crippen LogP contribution in [0.25, 0.3) is 0 Å². The number of nitrogens with one attached hydrogen (secondary N) is 1. The second-order valence-electron chi connectivity index (χ2n) is 10.2. The minimum absolute atomic E-state index is 0.0453. The predicted octanol–water partition coefficient (Wildman–Crippen LogP) is 5.88. The van der Waals surface area contributed by atoms with Gasteiger partial charge in [-0.15, -0.1) is 0 Å². The molecule has 8 nitrogen and oxygen atoms in total. The number of unbranched alkanes of at least 4 members (excludes halogenated alkanes) is 1. The lowest BCUT2D eigenvalue weighted by atomic mass is 10.1. The molecule has 2 amide bonds. The lowest BCUT2D eigenvalue weighted by Crippen LogP contribution is -2.52. The molecule has 0 aliphatic heterocycles. The molecule has 1 atom stereocenters. The molecule has 0 bridgehead atoms. The summed E-state index contributed by atoms with van der Waals surface area (Å²) >= 11 is 6.31. The summed E-state index contributed by atoms with van der Waals surface area (Å²) in [5.41, 5.74) is 2.57. The Morgan fingerprint density at radius 2 is 1.71 bits per heavy atom. The first kappa shape index (κ1) is 32.9. The van der Waals surface area contributed by atoms with Crippen LogP contribution in [0, 0.1) is 13.8 Å². The van der Waals surface area contributed by atoms with E-state index in [0.717, 1.165) is 28.3 Å². The molecule has 0 saturated carbocycles. The molecule has 1 N–H and O–H groups in total. The Balaban J connectivity index is 2.09. The summed E-state index contributed by atoms with van der Waals surface area (Å²) in [5.74, 6) is -0.196.